The first kappa shape index (κ1) is 39.2. The molecule has 282 valence electrons. The van der Waals surface area contributed by atoms with Crippen LogP contribution in [0.15, 0.2) is 23.8 Å². The number of halogens is 2. The predicted octanol–water partition coefficient (Wildman–Crippen LogP) is 0.764. The Balaban J connectivity index is 1.59. The zero-order chi connectivity index (χ0) is 37.9. The number of alkyl halides is 2. The van der Waals surface area contributed by atoms with Crippen LogP contribution in [0.25, 0.3) is 0 Å². The van der Waals surface area contributed by atoms with Crippen LogP contribution in [0.5, 0.6) is 0 Å². The van der Waals surface area contributed by atoms with Crippen LogP contribution >= 0.6 is 0 Å². The van der Waals surface area contributed by atoms with Crippen LogP contribution < -0.4 is 5.32 Å². The first-order valence-corrected chi connectivity index (χ1v) is 16.2. The minimum absolute atomic E-state index is 0.0502. The lowest BCUT2D eigenvalue weighted by molar-refractivity contribution is -0.757. The van der Waals surface area contributed by atoms with Crippen LogP contribution in [-0.4, -0.2) is 106 Å². The molecule has 20 heteroatoms. The number of esters is 2. The van der Waals surface area contributed by atoms with Crippen molar-refractivity contribution >= 4 is 29.4 Å². The monoisotopic (exact) mass is 731 g/mol. The van der Waals surface area contributed by atoms with Gasteiger partial charge in [0.1, 0.15) is 18.8 Å². The van der Waals surface area contributed by atoms with Gasteiger partial charge in [-0.1, -0.05) is 13.0 Å². The van der Waals surface area contributed by atoms with Gasteiger partial charge in [-0.15, -0.1) is 20.2 Å². The fourth-order valence-electron chi connectivity index (χ4n) is 8.47. The molecule has 0 saturated heterocycles. The maximum absolute atomic E-state index is 17.6. The molecule has 0 bridgehead atoms. The van der Waals surface area contributed by atoms with E-state index < -0.39 is 137 Å². The van der Waals surface area contributed by atoms with E-state index in [4.69, 9.17) is 9.47 Å². The molecular weight excluding hydrogens is 692 g/mol. The van der Waals surface area contributed by atoms with Gasteiger partial charge >= 0.3 is 11.9 Å². The summed E-state index contributed by atoms with van der Waals surface area (Å²) in [6.45, 7) is -0.0629. The lowest BCUT2D eigenvalue weighted by Crippen LogP contribution is -2.71. The number of carbonyl (C=O) groups is 5. The number of Topliss-reactive ketones (excluding diaryl/α,β-unsaturated/α-hetero) is 1. The van der Waals surface area contributed by atoms with Crippen LogP contribution in [0.3, 0.4) is 0 Å². The van der Waals surface area contributed by atoms with Gasteiger partial charge in [0.15, 0.2) is 18.1 Å². The zero-order valence-corrected chi connectivity index (χ0v) is 27.7. The molecule has 9 atom stereocenters. The van der Waals surface area contributed by atoms with Crippen molar-refractivity contribution < 1.29 is 72.3 Å². The highest BCUT2D eigenvalue weighted by molar-refractivity contribution is 6.01. The Kier molecular flexibility index (Phi) is 11.5. The lowest BCUT2D eigenvalue weighted by atomic mass is 9.44. The molecule has 3 fully saturated rings. The quantitative estimate of drug-likeness (QED) is 0.0857. The van der Waals surface area contributed by atoms with Gasteiger partial charge < -0.3 is 34.7 Å². The summed E-state index contributed by atoms with van der Waals surface area (Å²) < 4.78 is 44.2. The average Bonchev–Trinajstić information content (AvgIpc) is 3.27. The molecule has 0 heterocycles. The smallest absolute Gasteiger partial charge is 0.325 e. The Morgan fingerprint density at radius 3 is 2.24 bits per heavy atom. The number of ketones is 2. The summed E-state index contributed by atoms with van der Waals surface area (Å²) in [6.07, 6.45) is -5.12. The summed E-state index contributed by atoms with van der Waals surface area (Å²) in [5.74, 6) is -7.22. The second kappa shape index (κ2) is 14.9. The molecule has 0 aromatic carbocycles. The number of aliphatic hydroxyl groups is 2. The molecule has 3 N–H and O–H groups in total. The molecular formula is C31H39F2N3O15. The maximum atomic E-state index is 17.6. The Hall–Kier alpha value is -4.59. The van der Waals surface area contributed by atoms with Crippen molar-refractivity contribution in [2.45, 2.75) is 88.4 Å². The first-order valence-electron chi connectivity index (χ1n) is 16.2. The molecule has 4 aliphatic carbocycles. The molecule has 51 heavy (non-hydrogen) atoms. The third-order valence-corrected chi connectivity index (χ3v) is 10.8. The standard InChI is InChI=1S/C31H39F2N3O15/c1-28-8-7-17(37)11-20(28)21(32)12-19-18-13-22(38)31(29(18,2)14-23(39)30(19,28)33,51-26(42)6-4-10-50-36(46)47)24(40)16-48-27(43)15-34-25(41)5-3-9-49-35(44)45/h7-8,11,18-19,21-23,38-39H,3-6,9-10,12-16H2,1-2H3,(H,34,41)/t18?,19?,21-,22+,23-,28-,29-,30-,31-/m0/s1. The Morgan fingerprint density at radius 2 is 1.61 bits per heavy atom. The summed E-state index contributed by atoms with van der Waals surface area (Å²) in [4.78, 5) is 92.9. The van der Waals surface area contributed by atoms with Crippen LogP contribution in [-0.2, 0) is 43.1 Å². The first-order chi connectivity index (χ1) is 23.8. The molecule has 1 amide bonds. The molecule has 4 aliphatic rings. The third kappa shape index (κ3) is 7.15. The third-order valence-electron chi connectivity index (χ3n) is 10.8. The van der Waals surface area contributed by atoms with Gasteiger partial charge in [0, 0.05) is 29.6 Å². The fraction of sp³-hybridized carbons (Fsp3) is 0.710. The summed E-state index contributed by atoms with van der Waals surface area (Å²) in [7, 11) is 0. The summed E-state index contributed by atoms with van der Waals surface area (Å²) in [5, 5.41) is 44.0. The zero-order valence-electron chi connectivity index (χ0n) is 27.7. The molecule has 3 saturated carbocycles. The van der Waals surface area contributed by atoms with Crippen molar-refractivity contribution in [3.63, 3.8) is 0 Å². The van der Waals surface area contributed by atoms with Gasteiger partial charge in [0.05, 0.1) is 19.3 Å². The molecule has 0 radical (unpaired) electrons. The van der Waals surface area contributed by atoms with Gasteiger partial charge in [0.25, 0.3) is 10.2 Å². The number of hydrogen-bond donors (Lipinski definition) is 3. The number of ether oxygens (including phenoxy) is 2. The predicted molar refractivity (Wildman–Crippen MR) is 162 cm³/mol. The molecule has 0 aliphatic heterocycles. The van der Waals surface area contributed by atoms with E-state index in [1.165, 1.54) is 19.9 Å². The fourth-order valence-corrected chi connectivity index (χ4v) is 8.47. The lowest BCUT2D eigenvalue weighted by Gasteiger charge is -2.63. The van der Waals surface area contributed by atoms with Crippen molar-refractivity contribution in [1.29, 1.82) is 0 Å². The Morgan fingerprint density at radius 1 is 0.980 bits per heavy atom. The molecule has 2 unspecified atom stereocenters. The molecule has 0 aromatic heterocycles. The second-order valence-electron chi connectivity index (χ2n) is 13.5. The van der Waals surface area contributed by atoms with E-state index in [1.807, 2.05) is 0 Å². The number of aliphatic hydroxyl groups excluding tert-OH is 2. The van der Waals surface area contributed by atoms with Gasteiger partial charge in [0.2, 0.25) is 17.3 Å². The number of nitrogens with zero attached hydrogens (tertiary/aromatic N) is 2. The van der Waals surface area contributed by atoms with Gasteiger partial charge in [-0.25, -0.2) is 8.78 Å². The van der Waals surface area contributed by atoms with Crippen molar-refractivity contribution in [3.05, 3.63) is 44.0 Å². The second-order valence-corrected chi connectivity index (χ2v) is 13.5. The summed E-state index contributed by atoms with van der Waals surface area (Å²) >= 11 is 0. The highest BCUT2D eigenvalue weighted by Crippen LogP contribution is 2.70. The Bertz CT molecular complexity index is 1520. The van der Waals surface area contributed by atoms with E-state index in [9.17, 15) is 54.4 Å². The van der Waals surface area contributed by atoms with Crippen LogP contribution in [0, 0.1) is 42.9 Å². The number of carbonyl (C=O) groups excluding carboxylic acids is 5. The van der Waals surface area contributed by atoms with E-state index in [0.29, 0.717) is 0 Å². The van der Waals surface area contributed by atoms with Gasteiger partial charge in [-0.05, 0) is 62.7 Å². The van der Waals surface area contributed by atoms with Gasteiger partial charge in [-0.2, -0.15) is 0 Å². The molecule has 0 spiro atoms. The summed E-state index contributed by atoms with van der Waals surface area (Å²) in [6, 6.07) is 0. The minimum atomic E-state index is -2.61. The highest BCUT2D eigenvalue weighted by Gasteiger charge is 2.78. The van der Waals surface area contributed by atoms with Crippen LogP contribution in [0.4, 0.5) is 8.78 Å². The molecule has 0 aromatic rings. The van der Waals surface area contributed by atoms with Gasteiger partial charge in [-0.3, -0.25) is 24.0 Å². The van der Waals surface area contributed by atoms with E-state index in [1.54, 1.807) is 0 Å². The molecule has 4 rings (SSSR count). The number of hydrogen-bond acceptors (Lipinski definition) is 15. The SMILES string of the molecule is C[C@]12C=CC(=O)C=C1[C@@H](F)CC1C3C[C@@H](O)[C@](OC(=O)CCCO[N+](=O)[O-])(C(=O)COC(=O)CNC(=O)CCCO[N+](=O)[O-])[C@@]3(C)C[C@H](O)[C@@]12F. The van der Waals surface area contributed by atoms with Crippen LogP contribution in [0.1, 0.15) is 58.8 Å². The topological polar surface area (TPSA) is 261 Å². The highest BCUT2D eigenvalue weighted by atomic mass is 19.1. The molecule has 18 nitrogen and oxygen atoms in total. The average molecular weight is 732 g/mol. The number of rotatable bonds is 16. The van der Waals surface area contributed by atoms with E-state index in [2.05, 4.69) is 15.0 Å². The van der Waals surface area contributed by atoms with Crippen molar-refractivity contribution in [1.82, 2.24) is 5.32 Å². The number of amides is 1. The van der Waals surface area contributed by atoms with Crippen molar-refractivity contribution in [2.24, 2.45) is 22.7 Å². The van der Waals surface area contributed by atoms with E-state index in [-0.39, 0.29) is 31.4 Å². The Labute approximate surface area is 288 Å². The van der Waals surface area contributed by atoms with Crippen molar-refractivity contribution in [3.8, 4) is 0 Å². The van der Waals surface area contributed by atoms with E-state index >= 15 is 8.78 Å². The summed E-state index contributed by atoms with van der Waals surface area (Å²) in [5.41, 5.74) is -8.95. The number of nitrogens with one attached hydrogen (secondary N) is 1. The maximum Gasteiger partial charge on any atom is 0.325 e. The number of allylic oxidation sites excluding steroid dienone is 4. The largest absolute Gasteiger partial charge is 0.456 e. The van der Waals surface area contributed by atoms with E-state index in [0.717, 1.165) is 12.2 Å². The van der Waals surface area contributed by atoms with Crippen molar-refractivity contribution in [2.75, 3.05) is 26.4 Å². The van der Waals surface area contributed by atoms with Crippen LogP contribution in [0.2, 0.25) is 0 Å². The normalized spacial score (nSPS) is 34.9. The number of fused-ring (bicyclic) bond motifs is 5. The minimum Gasteiger partial charge on any atom is -0.456 e.